The van der Waals surface area contributed by atoms with Gasteiger partial charge in [-0.1, -0.05) is 6.92 Å². The molecule has 5 nitrogen and oxygen atoms in total. The number of piperazine rings is 1. The third kappa shape index (κ3) is 2.73. The minimum atomic E-state index is 0.452. The zero-order valence-corrected chi connectivity index (χ0v) is 10.6. The monoisotopic (exact) mass is 235 g/mol. The summed E-state index contributed by atoms with van der Waals surface area (Å²) in [5.74, 6) is 0.963. The lowest BCUT2D eigenvalue weighted by Crippen LogP contribution is -2.52. The normalized spacial score (nSPS) is 21.8. The first-order valence-electron chi connectivity index (χ1n) is 6.26. The molecular weight excluding hydrogens is 214 g/mol. The van der Waals surface area contributed by atoms with Gasteiger partial charge in [0, 0.05) is 32.2 Å². The summed E-state index contributed by atoms with van der Waals surface area (Å²) in [6.07, 6.45) is 0. The van der Waals surface area contributed by atoms with Gasteiger partial charge in [-0.15, -0.1) is 5.10 Å². The predicted octanol–water partition coefficient (Wildman–Crippen LogP) is 0.466. The van der Waals surface area contributed by atoms with Crippen molar-refractivity contribution in [1.82, 2.24) is 15.1 Å². The van der Waals surface area contributed by atoms with Crippen LogP contribution in [0.15, 0.2) is 12.1 Å². The molecule has 0 spiro atoms. The second kappa shape index (κ2) is 5.42. The zero-order valence-electron chi connectivity index (χ0n) is 10.6. The standard InChI is InChI=1S/C12H21N5/c1-3-16-6-7-17(9-10(16)2)12-5-4-11(8-13)14-15-12/h4-5,10H,3,6-9,13H2,1-2H3. The highest BCUT2D eigenvalue weighted by molar-refractivity contribution is 5.38. The van der Waals surface area contributed by atoms with Gasteiger partial charge in [0.05, 0.1) is 5.69 Å². The molecule has 1 fully saturated rings. The molecule has 2 heterocycles. The molecule has 1 aliphatic rings. The average Bonchev–Trinajstić information content (AvgIpc) is 2.39. The van der Waals surface area contributed by atoms with Crippen LogP contribution in [-0.4, -0.2) is 47.3 Å². The number of hydrogen-bond donors (Lipinski definition) is 1. The first-order chi connectivity index (χ1) is 8.24. The maximum absolute atomic E-state index is 5.51. The van der Waals surface area contributed by atoms with Crippen molar-refractivity contribution in [1.29, 1.82) is 0 Å². The van der Waals surface area contributed by atoms with Gasteiger partial charge in [0.1, 0.15) is 0 Å². The molecule has 1 atom stereocenters. The minimum Gasteiger partial charge on any atom is -0.352 e. The van der Waals surface area contributed by atoms with E-state index in [4.69, 9.17) is 5.73 Å². The van der Waals surface area contributed by atoms with Crippen molar-refractivity contribution in [3.8, 4) is 0 Å². The van der Waals surface area contributed by atoms with Gasteiger partial charge in [-0.3, -0.25) is 4.90 Å². The maximum Gasteiger partial charge on any atom is 0.151 e. The summed E-state index contributed by atoms with van der Waals surface area (Å²) in [7, 11) is 0. The van der Waals surface area contributed by atoms with E-state index in [2.05, 4.69) is 33.8 Å². The zero-order chi connectivity index (χ0) is 12.3. The molecule has 17 heavy (non-hydrogen) atoms. The molecule has 94 valence electrons. The largest absolute Gasteiger partial charge is 0.352 e. The van der Waals surface area contributed by atoms with Crippen molar-refractivity contribution in [2.24, 2.45) is 5.73 Å². The molecular formula is C12H21N5. The van der Waals surface area contributed by atoms with E-state index in [1.807, 2.05) is 12.1 Å². The van der Waals surface area contributed by atoms with Crippen molar-refractivity contribution >= 4 is 5.82 Å². The fraction of sp³-hybridized carbons (Fsp3) is 0.667. The van der Waals surface area contributed by atoms with Gasteiger partial charge in [-0.25, -0.2) is 0 Å². The Hall–Kier alpha value is -1.20. The first-order valence-corrected chi connectivity index (χ1v) is 6.26. The Kier molecular flexibility index (Phi) is 3.91. The Morgan fingerprint density at radius 1 is 1.35 bits per heavy atom. The van der Waals surface area contributed by atoms with E-state index in [0.717, 1.165) is 37.7 Å². The molecule has 1 aliphatic heterocycles. The van der Waals surface area contributed by atoms with Crippen LogP contribution in [-0.2, 0) is 6.54 Å². The Morgan fingerprint density at radius 3 is 2.71 bits per heavy atom. The van der Waals surface area contributed by atoms with Crippen molar-refractivity contribution < 1.29 is 0 Å². The second-order valence-corrected chi connectivity index (χ2v) is 4.51. The van der Waals surface area contributed by atoms with Crippen molar-refractivity contribution in [3.63, 3.8) is 0 Å². The molecule has 1 aromatic heterocycles. The molecule has 0 aliphatic carbocycles. The Labute approximate surface area is 103 Å². The van der Waals surface area contributed by atoms with Crippen LogP contribution in [0, 0.1) is 0 Å². The summed E-state index contributed by atoms with van der Waals surface area (Å²) >= 11 is 0. The summed E-state index contributed by atoms with van der Waals surface area (Å²) in [5, 5.41) is 8.34. The predicted molar refractivity (Wildman–Crippen MR) is 68.8 cm³/mol. The van der Waals surface area contributed by atoms with E-state index in [-0.39, 0.29) is 0 Å². The van der Waals surface area contributed by atoms with Crippen LogP contribution in [0.4, 0.5) is 5.82 Å². The Morgan fingerprint density at radius 2 is 2.18 bits per heavy atom. The highest BCUT2D eigenvalue weighted by atomic mass is 15.3. The Bertz CT molecular complexity index is 350. The smallest absolute Gasteiger partial charge is 0.151 e. The molecule has 2 rings (SSSR count). The minimum absolute atomic E-state index is 0.452. The van der Waals surface area contributed by atoms with Crippen LogP contribution in [0.3, 0.4) is 0 Å². The van der Waals surface area contributed by atoms with E-state index in [1.54, 1.807) is 0 Å². The maximum atomic E-state index is 5.51. The second-order valence-electron chi connectivity index (χ2n) is 4.51. The number of hydrogen-bond acceptors (Lipinski definition) is 5. The molecule has 0 radical (unpaired) electrons. The molecule has 5 heteroatoms. The van der Waals surface area contributed by atoms with Crippen molar-refractivity contribution in [2.45, 2.75) is 26.4 Å². The SMILES string of the molecule is CCN1CCN(c2ccc(CN)nn2)CC1C. The fourth-order valence-corrected chi connectivity index (χ4v) is 2.30. The van der Waals surface area contributed by atoms with Crippen LogP contribution in [0.25, 0.3) is 0 Å². The highest BCUT2D eigenvalue weighted by Crippen LogP contribution is 2.16. The molecule has 0 amide bonds. The van der Waals surface area contributed by atoms with Gasteiger partial charge in [-0.2, -0.15) is 5.10 Å². The summed E-state index contributed by atoms with van der Waals surface area (Å²) in [5.41, 5.74) is 6.36. The average molecular weight is 235 g/mol. The van der Waals surface area contributed by atoms with Gasteiger partial charge in [0.2, 0.25) is 0 Å². The molecule has 1 unspecified atom stereocenters. The number of anilines is 1. The van der Waals surface area contributed by atoms with Gasteiger partial charge in [-0.05, 0) is 25.6 Å². The summed E-state index contributed by atoms with van der Waals surface area (Å²) < 4.78 is 0. The van der Waals surface area contributed by atoms with E-state index < -0.39 is 0 Å². The van der Waals surface area contributed by atoms with Crippen molar-refractivity contribution in [2.75, 3.05) is 31.1 Å². The number of nitrogens with zero attached hydrogens (tertiary/aromatic N) is 4. The molecule has 1 aromatic rings. The van der Waals surface area contributed by atoms with Gasteiger partial charge < -0.3 is 10.6 Å². The van der Waals surface area contributed by atoms with E-state index in [0.29, 0.717) is 12.6 Å². The number of aromatic nitrogens is 2. The van der Waals surface area contributed by atoms with Crippen LogP contribution >= 0.6 is 0 Å². The van der Waals surface area contributed by atoms with Crippen LogP contribution in [0.5, 0.6) is 0 Å². The summed E-state index contributed by atoms with van der Waals surface area (Å²) in [6, 6.07) is 4.55. The van der Waals surface area contributed by atoms with Crippen LogP contribution in [0.2, 0.25) is 0 Å². The van der Waals surface area contributed by atoms with Gasteiger partial charge >= 0.3 is 0 Å². The summed E-state index contributed by atoms with van der Waals surface area (Å²) in [4.78, 5) is 4.78. The lowest BCUT2D eigenvalue weighted by Gasteiger charge is -2.39. The lowest BCUT2D eigenvalue weighted by atomic mass is 10.2. The first kappa shape index (κ1) is 12.3. The van der Waals surface area contributed by atoms with Crippen molar-refractivity contribution in [3.05, 3.63) is 17.8 Å². The lowest BCUT2D eigenvalue weighted by molar-refractivity contribution is 0.199. The quantitative estimate of drug-likeness (QED) is 0.825. The molecule has 0 bridgehead atoms. The summed E-state index contributed by atoms with van der Waals surface area (Å²) in [6.45, 7) is 9.18. The Balaban J connectivity index is 2.03. The third-order valence-electron chi connectivity index (χ3n) is 3.41. The van der Waals surface area contributed by atoms with E-state index in [1.165, 1.54) is 0 Å². The topological polar surface area (TPSA) is 58.3 Å². The van der Waals surface area contributed by atoms with Gasteiger partial charge in [0.25, 0.3) is 0 Å². The number of nitrogens with two attached hydrogens (primary N) is 1. The highest BCUT2D eigenvalue weighted by Gasteiger charge is 2.23. The molecule has 2 N–H and O–H groups in total. The van der Waals surface area contributed by atoms with Crippen LogP contribution < -0.4 is 10.6 Å². The molecule has 1 saturated heterocycles. The molecule has 0 aromatic carbocycles. The van der Waals surface area contributed by atoms with E-state index >= 15 is 0 Å². The van der Waals surface area contributed by atoms with E-state index in [9.17, 15) is 0 Å². The molecule has 0 saturated carbocycles. The fourth-order valence-electron chi connectivity index (χ4n) is 2.30. The van der Waals surface area contributed by atoms with Crippen LogP contribution in [0.1, 0.15) is 19.5 Å². The number of likely N-dealkylation sites (N-methyl/N-ethyl adjacent to an activating group) is 1. The third-order valence-corrected chi connectivity index (χ3v) is 3.41. The van der Waals surface area contributed by atoms with Gasteiger partial charge in [0.15, 0.2) is 5.82 Å². The number of rotatable bonds is 3.